The molecule has 7 heteroatoms. The molecule has 0 aliphatic carbocycles. The molecule has 0 spiro atoms. The maximum atomic E-state index is 13.0. The summed E-state index contributed by atoms with van der Waals surface area (Å²) in [6.45, 7) is 2.36. The van der Waals surface area contributed by atoms with Crippen molar-refractivity contribution in [1.29, 1.82) is 0 Å². The Morgan fingerprint density at radius 3 is 2.57 bits per heavy atom. The standard InChI is InChI=1S/C14H28N4O2S/c1-16-12-5-6-14(16)11-17(9-7-12)21(19,20)18-8-3-2-4-13(18)10-15/h12-14H,2-11,15H2,1H3. The second-order valence-corrected chi connectivity index (χ2v) is 8.58. The highest BCUT2D eigenvalue weighted by molar-refractivity contribution is 7.86. The summed E-state index contributed by atoms with van der Waals surface area (Å²) < 4.78 is 29.4. The van der Waals surface area contributed by atoms with Crippen molar-refractivity contribution in [3.05, 3.63) is 0 Å². The van der Waals surface area contributed by atoms with Crippen LogP contribution in [0, 0.1) is 0 Å². The van der Waals surface area contributed by atoms with Crippen LogP contribution < -0.4 is 5.73 Å². The molecule has 0 amide bonds. The lowest BCUT2D eigenvalue weighted by Gasteiger charge is -2.38. The van der Waals surface area contributed by atoms with Crippen LogP contribution in [-0.2, 0) is 10.2 Å². The van der Waals surface area contributed by atoms with Crippen LogP contribution in [0.1, 0.15) is 38.5 Å². The van der Waals surface area contributed by atoms with Crippen molar-refractivity contribution in [2.45, 2.75) is 56.7 Å². The summed E-state index contributed by atoms with van der Waals surface area (Å²) in [7, 11) is -1.21. The van der Waals surface area contributed by atoms with Gasteiger partial charge in [0.25, 0.3) is 10.2 Å². The summed E-state index contributed by atoms with van der Waals surface area (Å²) in [5.41, 5.74) is 5.80. The zero-order chi connectivity index (χ0) is 15.0. The molecular formula is C14H28N4O2S. The Bertz CT molecular complexity index is 470. The van der Waals surface area contributed by atoms with Gasteiger partial charge in [-0.15, -0.1) is 0 Å². The van der Waals surface area contributed by atoms with Crippen molar-refractivity contribution in [2.75, 3.05) is 33.2 Å². The predicted octanol–water partition coefficient (Wildman–Crippen LogP) is 0.213. The number of nitrogens with zero attached hydrogens (tertiary/aromatic N) is 3. The third kappa shape index (κ3) is 2.86. The highest BCUT2D eigenvalue weighted by Gasteiger charge is 2.42. The predicted molar refractivity (Wildman–Crippen MR) is 83.1 cm³/mol. The van der Waals surface area contributed by atoms with Gasteiger partial charge in [-0.25, -0.2) is 0 Å². The normalized spacial score (nSPS) is 36.8. The van der Waals surface area contributed by atoms with E-state index in [-0.39, 0.29) is 6.04 Å². The van der Waals surface area contributed by atoms with Gasteiger partial charge in [0.05, 0.1) is 0 Å². The van der Waals surface area contributed by atoms with Crippen molar-refractivity contribution in [1.82, 2.24) is 13.5 Å². The van der Waals surface area contributed by atoms with Gasteiger partial charge in [-0.2, -0.15) is 17.0 Å². The molecule has 2 bridgehead atoms. The van der Waals surface area contributed by atoms with Crippen LogP contribution in [0.4, 0.5) is 0 Å². The van der Waals surface area contributed by atoms with Crippen molar-refractivity contribution < 1.29 is 8.42 Å². The molecule has 3 fully saturated rings. The largest absolute Gasteiger partial charge is 0.329 e. The number of likely N-dealkylation sites (N-methyl/N-ethyl adjacent to an activating group) is 1. The van der Waals surface area contributed by atoms with Crippen molar-refractivity contribution >= 4 is 10.2 Å². The highest BCUT2D eigenvalue weighted by Crippen LogP contribution is 2.31. The second-order valence-electron chi connectivity index (χ2n) is 6.70. The second kappa shape index (κ2) is 6.12. The monoisotopic (exact) mass is 316 g/mol. The topological polar surface area (TPSA) is 69.9 Å². The zero-order valence-corrected chi connectivity index (χ0v) is 13.8. The van der Waals surface area contributed by atoms with Gasteiger partial charge in [0, 0.05) is 44.3 Å². The molecule has 3 aliphatic heterocycles. The summed E-state index contributed by atoms with van der Waals surface area (Å²) >= 11 is 0. The average molecular weight is 316 g/mol. The van der Waals surface area contributed by atoms with E-state index in [1.807, 2.05) is 0 Å². The van der Waals surface area contributed by atoms with E-state index in [0.29, 0.717) is 38.3 Å². The fourth-order valence-corrected chi connectivity index (χ4v) is 6.07. The molecule has 0 radical (unpaired) electrons. The van der Waals surface area contributed by atoms with Crippen LogP contribution >= 0.6 is 0 Å². The smallest absolute Gasteiger partial charge is 0.282 e. The molecule has 0 saturated carbocycles. The van der Waals surface area contributed by atoms with E-state index in [0.717, 1.165) is 32.1 Å². The molecule has 21 heavy (non-hydrogen) atoms. The van der Waals surface area contributed by atoms with E-state index in [2.05, 4.69) is 11.9 Å². The number of hydrogen-bond acceptors (Lipinski definition) is 4. The quantitative estimate of drug-likeness (QED) is 0.808. The molecule has 2 N–H and O–H groups in total. The minimum atomic E-state index is -3.36. The van der Waals surface area contributed by atoms with Crippen LogP contribution in [-0.4, -0.2) is 73.3 Å². The third-order valence-electron chi connectivity index (χ3n) is 5.58. The summed E-state index contributed by atoms with van der Waals surface area (Å²) in [5.74, 6) is 0. The van der Waals surface area contributed by atoms with Crippen LogP contribution in [0.25, 0.3) is 0 Å². The molecule has 0 aromatic carbocycles. The molecule has 122 valence electrons. The highest BCUT2D eigenvalue weighted by atomic mass is 32.2. The van der Waals surface area contributed by atoms with Gasteiger partial charge in [0.15, 0.2) is 0 Å². The molecular weight excluding hydrogens is 288 g/mol. The van der Waals surface area contributed by atoms with Gasteiger partial charge in [-0.05, 0) is 39.2 Å². The summed E-state index contributed by atoms with van der Waals surface area (Å²) in [4.78, 5) is 2.38. The molecule has 3 saturated heterocycles. The van der Waals surface area contributed by atoms with Gasteiger partial charge < -0.3 is 5.73 Å². The Labute approximate surface area is 128 Å². The van der Waals surface area contributed by atoms with E-state index in [4.69, 9.17) is 5.73 Å². The molecule has 6 nitrogen and oxygen atoms in total. The Kier molecular flexibility index (Phi) is 4.57. The number of fused-ring (bicyclic) bond motifs is 2. The van der Waals surface area contributed by atoms with E-state index in [1.165, 1.54) is 6.42 Å². The molecule has 0 aromatic heterocycles. The maximum Gasteiger partial charge on any atom is 0.282 e. The molecule has 0 aromatic rings. The number of hydrogen-bond donors (Lipinski definition) is 1. The Morgan fingerprint density at radius 2 is 1.81 bits per heavy atom. The molecule has 3 aliphatic rings. The molecule has 3 heterocycles. The van der Waals surface area contributed by atoms with Crippen molar-refractivity contribution in [3.63, 3.8) is 0 Å². The first-order valence-corrected chi connectivity index (χ1v) is 9.62. The van der Waals surface area contributed by atoms with Crippen molar-refractivity contribution in [3.8, 4) is 0 Å². The van der Waals surface area contributed by atoms with E-state index >= 15 is 0 Å². The minimum absolute atomic E-state index is 0.0121. The van der Waals surface area contributed by atoms with Gasteiger partial charge in [0.2, 0.25) is 0 Å². The third-order valence-corrected chi connectivity index (χ3v) is 7.64. The van der Waals surface area contributed by atoms with E-state index in [1.54, 1.807) is 8.61 Å². The molecule has 3 unspecified atom stereocenters. The molecule has 3 rings (SSSR count). The van der Waals surface area contributed by atoms with Crippen LogP contribution in [0.5, 0.6) is 0 Å². The summed E-state index contributed by atoms with van der Waals surface area (Å²) in [5, 5.41) is 0. The summed E-state index contributed by atoms with van der Waals surface area (Å²) in [6.07, 6.45) is 6.22. The molecule has 3 atom stereocenters. The van der Waals surface area contributed by atoms with Gasteiger partial charge in [-0.3, -0.25) is 4.90 Å². The first-order valence-electron chi connectivity index (χ1n) is 8.23. The Morgan fingerprint density at radius 1 is 1.05 bits per heavy atom. The van der Waals surface area contributed by atoms with Crippen molar-refractivity contribution in [2.24, 2.45) is 5.73 Å². The Balaban J connectivity index is 1.78. The fourth-order valence-electron chi connectivity index (χ4n) is 4.15. The van der Waals surface area contributed by atoms with Crippen LogP contribution in [0.2, 0.25) is 0 Å². The first kappa shape index (κ1) is 15.7. The van der Waals surface area contributed by atoms with Crippen LogP contribution in [0.15, 0.2) is 0 Å². The lowest BCUT2D eigenvalue weighted by molar-refractivity contribution is 0.224. The lowest BCUT2D eigenvalue weighted by atomic mass is 10.1. The lowest BCUT2D eigenvalue weighted by Crippen LogP contribution is -2.54. The minimum Gasteiger partial charge on any atom is -0.329 e. The number of piperidine rings is 1. The number of nitrogens with two attached hydrogens (primary N) is 1. The van der Waals surface area contributed by atoms with Gasteiger partial charge in [-0.1, -0.05) is 6.42 Å². The van der Waals surface area contributed by atoms with Crippen LogP contribution in [0.3, 0.4) is 0 Å². The maximum absolute atomic E-state index is 13.0. The van der Waals surface area contributed by atoms with Gasteiger partial charge in [0.1, 0.15) is 0 Å². The Hall–Kier alpha value is -0.210. The average Bonchev–Trinajstić information content (AvgIpc) is 2.71. The zero-order valence-electron chi connectivity index (χ0n) is 12.9. The SMILES string of the molecule is CN1C2CCC1CN(S(=O)(=O)N1CCCCC1CN)CC2. The van der Waals surface area contributed by atoms with E-state index < -0.39 is 10.2 Å². The first-order chi connectivity index (χ1) is 10.0. The fraction of sp³-hybridized carbons (Fsp3) is 1.00. The van der Waals surface area contributed by atoms with E-state index in [9.17, 15) is 8.42 Å². The summed E-state index contributed by atoms with van der Waals surface area (Å²) in [6, 6.07) is 0.928. The number of rotatable bonds is 3. The van der Waals surface area contributed by atoms with Gasteiger partial charge >= 0.3 is 0 Å².